The van der Waals surface area contributed by atoms with Crippen LogP contribution in [-0.4, -0.2) is 29.3 Å². The summed E-state index contributed by atoms with van der Waals surface area (Å²) in [5.74, 6) is -5.21. The molecule has 158 valence electrons. The molecule has 0 unspecified atom stereocenters. The summed E-state index contributed by atoms with van der Waals surface area (Å²) >= 11 is 0. The van der Waals surface area contributed by atoms with Gasteiger partial charge in [0.1, 0.15) is 0 Å². The first-order valence-electron chi connectivity index (χ1n) is 9.94. The number of aliphatic hydroxyl groups excluding tert-OH is 1. The molecule has 28 heavy (non-hydrogen) atoms. The number of fused-ring (bicyclic) bond motifs is 5. The second-order valence-electron chi connectivity index (χ2n) is 9.30. The molecule has 7 atom stereocenters. The third kappa shape index (κ3) is 2.84. The van der Waals surface area contributed by atoms with E-state index in [4.69, 9.17) is 0 Å². The second-order valence-corrected chi connectivity index (χ2v) is 9.30. The van der Waals surface area contributed by atoms with Gasteiger partial charge < -0.3 is 5.11 Å². The first-order valence-corrected chi connectivity index (χ1v) is 9.94. The number of ketones is 1. The lowest BCUT2D eigenvalue weighted by atomic mass is 9.48. The summed E-state index contributed by atoms with van der Waals surface area (Å²) in [6.45, 7) is 1.83. The van der Waals surface area contributed by atoms with Gasteiger partial charge in [-0.05, 0) is 67.6 Å². The molecule has 0 spiro atoms. The fourth-order valence-corrected chi connectivity index (χ4v) is 6.97. The molecule has 8 heteroatoms. The number of alkyl halides is 6. The summed E-state index contributed by atoms with van der Waals surface area (Å²) in [7, 11) is 0. The van der Waals surface area contributed by atoms with Gasteiger partial charge in [-0.15, -0.1) is 0 Å². The molecule has 0 heterocycles. The normalized spacial score (nSPS) is 44.2. The van der Waals surface area contributed by atoms with Crippen molar-refractivity contribution in [3.05, 3.63) is 11.1 Å². The monoisotopic (exact) mass is 410 g/mol. The van der Waals surface area contributed by atoms with Crippen LogP contribution in [0.5, 0.6) is 0 Å². The molecule has 4 rings (SSSR count). The molecule has 0 amide bonds. The summed E-state index contributed by atoms with van der Waals surface area (Å²) in [5, 5.41) is 10.4. The van der Waals surface area contributed by atoms with Gasteiger partial charge in [-0.2, -0.15) is 26.3 Å². The molecule has 3 fully saturated rings. The predicted octanol–water partition coefficient (Wildman–Crippen LogP) is 5.21. The molecule has 3 saturated carbocycles. The third-order valence-corrected chi connectivity index (χ3v) is 8.19. The molecule has 2 nitrogen and oxygen atoms in total. The van der Waals surface area contributed by atoms with Gasteiger partial charge in [0.15, 0.2) is 5.78 Å². The molecular formula is C20H24F6O2. The number of allylic oxidation sites excluding steroid dienone is 1. The van der Waals surface area contributed by atoms with E-state index < -0.39 is 65.3 Å². The highest BCUT2D eigenvalue weighted by molar-refractivity contribution is 5.98. The van der Waals surface area contributed by atoms with Gasteiger partial charge >= 0.3 is 12.4 Å². The maximum Gasteiger partial charge on any atom is 0.419 e. The molecule has 0 aromatic heterocycles. The highest BCUT2D eigenvalue weighted by atomic mass is 19.4. The van der Waals surface area contributed by atoms with Crippen LogP contribution in [0.3, 0.4) is 0 Å². The molecule has 4 aliphatic rings. The molecule has 0 bridgehead atoms. The summed E-state index contributed by atoms with van der Waals surface area (Å²) in [6, 6.07) is 0. The quantitative estimate of drug-likeness (QED) is 0.557. The molecule has 0 aliphatic heterocycles. The Labute approximate surface area is 159 Å². The number of carbonyl (C=O) groups excluding carboxylic acids is 1. The Morgan fingerprint density at radius 2 is 1.71 bits per heavy atom. The summed E-state index contributed by atoms with van der Waals surface area (Å²) < 4.78 is 82.7. The highest BCUT2D eigenvalue weighted by Gasteiger charge is 2.64. The SMILES string of the molecule is C[C@]12CC[C@H]3[C@@H]([C@H](C(F)(F)F)CC4=C(C(F)(F)F)C(=O)CC[C@@H]43)[C@@H]1CC[C@@H]2O. The van der Waals surface area contributed by atoms with Gasteiger partial charge in [-0.1, -0.05) is 12.5 Å². The van der Waals surface area contributed by atoms with Crippen LogP contribution < -0.4 is 0 Å². The van der Waals surface area contributed by atoms with Gasteiger partial charge in [-0.25, -0.2) is 0 Å². The van der Waals surface area contributed by atoms with Crippen LogP contribution in [-0.2, 0) is 4.79 Å². The Balaban J connectivity index is 1.83. The zero-order chi connectivity index (χ0) is 20.6. The Kier molecular flexibility index (Phi) is 4.50. The zero-order valence-corrected chi connectivity index (χ0v) is 15.5. The summed E-state index contributed by atoms with van der Waals surface area (Å²) in [5.41, 5.74) is -2.24. The lowest BCUT2D eigenvalue weighted by Gasteiger charge is -2.56. The van der Waals surface area contributed by atoms with Crippen LogP contribution in [0.15, 0.2) is 11.1 Å². The fourth-order valence-electron chi connectivity index (χ4n) is 6.97. The second kappa shape index (κ2) is 6.22. The van der Waals surface area contributed by atoms with Crippen molar-refractivity contribution in [1.82, 2.24) is 0 Å². The average molecular weight is 410 g/mol. The van der Waals surface area contributed by atoms with Crippen molar-refractivity contribution in [2.45, 2.75) is 70.3 Å². The van der Waals surface area contributed by atoms with Crippen LogP contribution in [0.2, 0.25) is 0 Å². The molecule has 4 aliphatic carbocycles. The number of rotatable bonds is 0. The Bertz CT molecular complexity index is 708. The van der Waals surface area contributed by atoms with Crippen molar-refractivity contribution in [2.75, 3.05) is 0 Å². The molecule has 0 saturated heterocycles. The van der Waals surface area contributed by atoms with E-state index in [1.165, 1.54) is 0 Å². The highest BCUT2D eigenvalue weighted by Crippen LogP contribution is 2.65. The predicted molar refractivity (Wildman–Crippen MR) is 88.0 cm³/mol. The van der Waals surface area contributed by atoms with Crippen molar-refractivity contribution in [3.8, 4) is 0 Å². The van der Waals surface area contributed by atoms with E-state index in [1.807, 2.05) is 6.92 Å². The zero-order valence-electron chi connectivity index (χ0n) is 15.5. The van der Waals surface area contributed by atoms with Crippen LogP contribution >= 0.6 is 0 Å². The van der Waals surface area contributed by atoms with E-state index in [0.717, 1.165) is 0 Å². The molecule has 1 N–H and O–H groups in total. The van der Waals surface area contributed by atoms with E-state index in [9.17, 15) is 36.2 Å². The lowest BCUT2D eigenvalue weighted by molar-refractivity contribution is -0.223. The average Bonchev–Trinajstić information content (AvgIpc) is 2.87. The standard InChI is InChI=1S/C20H24F6O2/c1-18-7-6-10-9-2-4-14(27)17(20(24,25)26)11(9)8-13(19(21,22)23)16(10)12(18)3-5-15(18)28/h9-10,12-13,15-16,28H,2-8H2,1H3/t9-,10-,12+,13-,15+,16-,18+/m1/s1. The number of halogens is 6. The van der Waals surface area contributed by atoms with E-state index in [-0.39, 0.29) is 24.3 Å². The number of carbonyl (C=O) groups is 1. The summed E-state index contributed by atoms with van der Waals surface area (Å²) in [4.78, 5) is 12.0. The first-order chi connectivity index (χ1) is 12.9. The molecule has 0 radical (unpaired) electrons. The molecular weight excluding hydrogens is 386 g/mol. The molecule has 0 aromatic carbocycles. The maximum atomic E-state index is 14.0. The van der Waals surface area contributed by atoms with Gasteiger partial charge in [-0.3, -0.25) is 4.79 Å². The Hall–Kier alpha value is -1.05. The Morgan fingerprint density at radius 1 is 1.04 bits per heavy atom. The van der Waals surface area contributed by atoms with Crippen molar-refractivity contribution >= 4 is 5.78 Å². The van der Waals surface area contributed by atoms with Gasteiger partial charge in [0, 0.05) is 6.42 Å². The van der Waals surface area contributed by atoms with Crippen molar-refractivity contribution in [1.29, 1.82) is 0 Å². The lowest BCUT2D eigenvalue weighted by Crippen LogP contribution is -2.54. The van der Waals surface area contributed by atoms with Gasteiger partial charge in [0.25, 0.3) is 0 Å². The number of hydrogen-bond donors (Lipinski definition) is 1. The van der Waals surface area contributed by atoms with E-state index in [2.05, 4.69) is 0 Å². The topological polar surface area (TPSA) is 37.3 Å². The van der Waals surface area contributed by atoms with Gasteiger partial charge in [0.05, 0.1) is 17.6 Å². The van der Waals surface area contributed by atoms with Crippen LogP contribution in [0.25, 0.3) is 0 Å². The number of Topliss-reactive ketones (excluding diaryl/α,β-unsaturated/α-hetero) is 1. The number of aliphatic hydroxyl groups is 1. The minimum absolute atomic E-state index is 0.200. The minimum Gasteiger partial charge on any atom is -0.393 e. The maximum absolute atomic E-state index is 14.0. The smallest absolute Gasteiger partial charge is 0.393 e. The largest absolute Gasteiger partial charge is 0.419 e. The fraction of sp³-hybridized carbons (Fsp3) is 0.850. The Morgan fingerprint density at radius 3 is 2.32 bits per heavy atom. The third-order valence-electron chi connectivity index (χ3n) is 8.19. The molecule has 0 aromatic rings. The minimum atomic E-state index is -4.92. The van der Waals surface area contributed by atoms with Crippen LogP contribution in [0.4, 0.5) is 26.3 Å². The van der Waals surface area contributed by atoms with Crippen molar-refractivity contribution in [3.63, 3.8) is 0 Å². The van der Waals surface area contributed by atoms with Crippen molar-refractivity contribution in [2.24, 2.45) is 35.0 Å². The van der Waals surface area contributed by atoms with Crippen molar-refractivity contribution < 1.29 is 36.2 Å². The van der Waals surface area contributed by atoms with E-state index >= 15 is 0 Å². The van der Waals surface area contributed by atoms with E-state index in [1.54, 1.807) is 0 Å². The summed E-state index contributed by atoms with van der Waals surface area (Å²) in [6.07, 6.45) is -9.21. The van der Waals surface area contributed by atoms with E-state index in [0.29, 0.717) is 25.7 Å². The first kappa shape index (κ1) is 20.2. The van der Waals surface area contributed by atoms with Gasteiger partial charge in [0.2, 0.25) is 0 Å². The van der Waals surface area contributed by atoms with Crippen LogP contribution in [0.1, 0.15) is 51.9 Å². The number of hydrogen-bond acceptors (Lipinski definition) is 2. The van der Waals surface area contributed by atoms with Crippen LogP contribution in [0, 0.1) is 35.0 Å².